The van der Waals surface area contributed by atoms with Crippen LogP contribution < -0.4 is 21.8 Å². The Labute approximate surface area is 277 Å². The third kappa shape index (κ3) is 7.59. The van der Waals surface area contributed by atoms with Gasteiger partial charge in [-0.15, -0.1) is 45.7 Å². The molecule has 2 aliphatic heterocycles. The summed E-state index contributed by atoms with van der Waals surface area (Å²) in [5.41, 5.74) is 8.83. The highest BCUT2D eigenvalue weighted by Crippen LogP contribution is 2.42. The number of anilines is 1. The molecule has 0 saturated carbocycles. The van der Waals surface area contributed by atoms with Gasteiger partial charge in [0.1, 0.15) is 22.1 Å². The van der Waals surface area contributed by atoms with Gasteiger partial charge in [0.2, 0.25) is 5.91 Å². The minimum atomic E-state index is -1.37. The van der Waals surface area contributed by atoms with Gasteiger partial charge < -0.3 is 31.7 Å². The largest absolute Gasteiger partial charge is 0.504 e. The standard InChI is InChI=1S/C24H23N9O7S4.ClH/c1-9-30-32-24(44-9)43-7-11-6-41-20-16(19(37)33(20)17(11)21(38)39)28-18(36)15(12-8-42-22(25)27-12)29-23(40)31-26-5-10-2-3-13(34)14(35)4-10;/h2-5,8,15-16,20,34-35H,6-7H2,1H3,(H2,25,27)(H,28,36)(H,38,39)(H2,29,31,40);1H/t15?,16?,20-;/m0./s1. The first-order chi connectivity index (χ1) is 21.0. The SMILES string of the molecule is Cc1nnc(SCC2=C(C(=O)O)N3C(=O)C(NC(=O)C(NC(=O)NN=Cc4ccc(O)c(O)c4)c4csc(N)n4)[C@@H]3SC2)s1.Cl. The summed E-state index contributed by atoms with van der Waals surface area (Å²) in [4.78, 5) is 56.6. The molecule has 0 aliphatic carbocycles. The van der Waals surface area contributed by atoms with E-state index in [1.165, 1.54) is 64.7 Å². The third-order valence-electron chi connectivity index (χ3n) is 6.18. The van der Waals surface area contributed by atoms with Crippen molar-refractivity contribution < 1.29 is 34.5 Å². The predicted octanol–water partition coefficient (Wildman–Crippen LogP) is 1.62. The fraction of sp³-hybridized carbons (Fsp3) is 0.250. The zero-order valence-electron chi connectivity index (χ0n) is 22.9. The smallest absolute Gasteiger partial charge is 0.352 e. The van der Waals surface area contributed by atoms with Crippen molar-refractivity contribution in [2.75, 3.05) is 17.2 Å². The van der Waals surface area contributed by atoms with Crippen molar-refractivity contribution in [3.63, 3.8) is 0 Å². The van der Waals surface area contributed by atoms with Gasteiger partial charge >= 0.3 is 12.0 Å². The number of phenolic OH excluding ortho intramolecular Hbond substituents is 2. The second-order valence-electron chi connectivity index (χ2n) is 9.16. The summed E-state index contributed by atoms with van der Waals surface area (Å²) in [6.07, 6.45) is 1.20. The van der Waals surface area contributed by atoms with Crippen LogP contribution in [0, 0.1) is 6.92 Å². The van der Waals surface area contributed by atoms with Crippen LogP contribution in [0.5, 0.6) is 11.5 Å². The molecule has 4 heterocycles. The molecule has 1 saturated heterocycles. The number of halogens is 1. The molecule has 238 valence electrons. The van der Waals surface area contributed by atoms with Crippen molar-refractivity contribution >= 4 is 93.8 Å². The number of thioether (sulfide) groups is 2. The lowest BCUT2D eigenvalue weighted by atomic mass is 10.0. The molecule has 0 bridgehead atoms. The van der Waals surface area contributed by atoms with E-state index in [0.29, 0.717) is 27.0 Å². The van der Waals surface area contributed by atoms with E-state index in [1.54, 1.807) is 0 Å². The molecule has 8 N–H and O–H groups in total. The number of aryl methyl sites for hydroxylation is 1. The Morgan fingerprint density at radius 1 is 1.27 bits per heavy atom. The van der Waals surface area contributed by atoms with Crippen molar-refractivity contribution in [2.45, 2.75) is 28.7 Å². The number of thiazole rings is 1. The maximum atomic E-state index is 13.4. The Bertz CT molecular complexity index is 1700. The third-order valence-corrected chi connectivity index (χ3v) is 10.3. The number of β-lactam (4-membered cyclic amide) rings is 1. The second-order valence-corrected chi connectivity index (χ2v) is 13.6. The monoisotopic (exact) mass is 713 g/mol. The number of aromatic hydroxyl groups is 2. The van der Waals surface area contributed by atoms with E-state index >= 15 is 0 Å². The van der Waals surface area contributed by atoms with E-state index < -0.39 is 41.3 Å². The zero-order chi connectivity index (χ0) is 31.5. The number of fused-ring (bicyclic) bond motifs is 1. The summed E-state index contributed by atoms with van der Waals surface area (Å²) in [7, 11) is 0. The number of hydrogen-bond donors (Lipinski definition) is 7. The summed E-state index contributed by atoms with van der Waals surface area (Å²) in [6.45, 7) is 1.81. The van der Waals surface area contributed by atoms with E-state index in [9.17, 15) is 34.5 Å². The Balaban J connectivity index is 0.00000461. The molecule has 21 heteroatoms. The summed E-state index contributed by atoms with van der Waals surface area (Å²) in [6, 6.07) is 0.595. The number of urea groups is 1. The highest BCUT2D eigenvalue weighted by molar-refractivity contribution is 8.01. The van der Waals surface area contributed by atoms with E-state index in [2.05, 4.69) is 36.3 Å². The quantitative estimate of drug-likeness (QED) is 0.0520. The molecule has 2 unspecified atom stereocenters. The second kappa shape index (κ2) is 14.3. The molecule has 1 aromatic carbocycles. The van der Waals surface area contributed by atoms with E-state index in [1.807, 2.05) is 6.92 Å². The highest BCUT2D eigenvalue weighted by Gasteiger charge is 2.54. The molecule has 0 radical (unpaired) electrons. The Kier molecular flexibility index (Phi) is 10.8. The molecule has 2 aliphatic rings. The number of hydrogen-bond acceptors (Lipinski definition) is 15. The molecule has 3 aromatic rings. The average molecular weight is 714 g/mol. The number of nitrogens with zero attached hydrogens (tertiary/aromatic N) is 5. The van der Waals surface area contributed by atoms with E-state index in [-0.39, 0.29) is 40.4 Å². The van der Waals surface area contributed by atoms with Crippen LogP contribution in [0.2, 0.25) is 0 Å². The number of aromatic nitrogens is 3. The number of rotatable bonds is 10. The number of nitrogen functional groups attached to an aromatic ring is 1. The molecule has 4 amide bonds. The van der Waals surface area contributed by atoms with Crippen LogP contribution in [0.3, 0.4) is 0 Å². The molecular formula is C24H24ClN9O7S4. The summed E-state index contributed by atoms with van der Waals surface area (Å²) in [5.74, 6) is -2.71. The van der Waals surface area contributed by atoms with Gasteiger partial charge in [-0.2, -0.15) is 5.10 Å². The van der Waals surface area contributed by atoms with Gasteiger partial charge in [-0.25, -0.2) is 20.0 Å². The van der Waals surface area contributed by atoms with Gasteiger partial charge in [0.05, 0.1) is 11.9 Å². The van der Waals surface area contributed by atoms with Gasteiger partial charge in [-0.05, 0) is 36.3 Å². The van der Waals surface area contributed by atoms with Crippen molar-refractivity contribution in [1.29, 1.82) is 0 Å². The number of carbonyl (C=O) groups excluding carboxylic acids is 3. The number of carboxylic acids is 1. The molecule has 3 atom stereocenters. The molecule has 0 spiro atoms. The Morgan fingerprint density at radius 3 is 2.69 bits per heavy atom. The first kappa shape index (κ1) is 33.8. The van der Waals surface area contributed by atoms with Gasteiger partial charge in [0, 0.05) is 16.9 Å². The summed E-state index contributed by atoms with van der Waals surface area (Å²) >= 11 is 5.07. The van der Waals surface area contributed by atoms with Gasteiger partial charge in [0.25, 0.3) is 5.91 Å². The normalized spacial score (nSPS) is 18.1. The zero-order valence-corrected chi connectivity index (χ0v) is 26.9. The summed E-state index contributed by atoms with van der Waals surface area (Å²) < 4.78 is 0.683. The predicted molar refractivity (Wildman–Crippen MR) is 171 cm³/mol. The van der Waals surface area contributed by atoms with Crippen molar-refractivity contribution in [2.24, 2.45) is 5.10 Å². The minimum Gasteiger partial charge on any atom is -0.504 e. The molecule has 1 fully saturated rings. The van der Waals surface area contributed by atoms with E-state index in [0.717, 1.165) is 21.2 Å². The first-order valence-corrected chi connectivity index (χ1v) is 16.2. The number of amides is 4. The molecule has 16 nitrogen and oxygen atoms in total. The van der Waals surface area contributed by atoms with Crippen molar-refractivity contribution in [3.8, 4) is 11.5 Å². The molecule has 5 rings (SSSR count). The fourth-order valence-electron chi connectivity index (χ4n) is 4.17. The lowest BCUT2D eigenvalue weighted by molar-refractivity contribution is -0.151. The van der Waals surface area contributed by atoms with Crippen LogP contribution in [-0.2, 0) is 14.4 Å². The van der Waals surface area contributed by atoms with Gasteiger partial charge in [0.15, 0.2) is 27.0 Å². The lowest BCUT2D eigenvalue weighted by Gasteiger charge is -2.49. The number of nitrogens with one attached hydrogen (secondary N) is 3. The number of hydrazone groups is 1. The van der Waals surface area contributed by atoms with Crippen LogP contribution >= 0.6 is 58.6 Å². The van der Waals surface area contributed by atoms with Crippen molar-refractivity contribution in [3.05, 3.63) is 51.1 Å². The van der Waals surface area contributed by atoms with Gasteiger partial charge in [-0.3, -0.25) is 14.5 Å². The number of carbonyl (C=O) groups is 4. The maximum Gasteiger partial charge on any atom is 0.352 e. The number of carboxylic acid groups (broad SMARTS) is 1. The Hall–Kier alpha value is -4.11. The molecular weight excluding hydrogens is 690 g/mol. The Morgan fingerprint density at radius 2 is 2.04 bits per heavy atom. The average Bonchev–Trinajstić information content (AvgIpc) is 3.61. The topological polar surface area (TPSA) is 245 Å². The summed E-state index contributed by atoms with van der Waals surface area (Å²) in [5, 5.41) is 47.5. The van der Waals surface area contributed by atoms with Crippen LogP contribution in [-0.4, -0.2) is 88.4 Å². The maximum absolute atomic E-state index is 13.4. The molecule has 2 aromatic heterocycles. The molecule has 45 heavy (non-hydrogen) atoms. The fourth-order valence-corrected chi connectivity index (χ4v) is 8.06. The van der Waals surface area contributed by atoms with Crippen LogP contribution in [0.1, 0.15) is 22.3 Å². The lowest BCUT2D eigenvalue weighted by Crippen LogP contribution is -2.71. The van der Waals surface area contributed by atoms with Crippen LogP contribution in [0.4, 0.5) is 9.93 Å². The number of benzene rings is 1. The van der Waals surface area contributed by atoms with Crippen molar-refractivity contribution in [1.82, 2.24) is 36.1 Å². The minimum absolute atomic E-state index is 0. The van der Waals surface area contributed by atoms with Gasteiger partial charge in [-0.1, -0.05) is 23.1 Å². The van der Waals surface area contributed by atoms with E-state index in [4.69, 9.17) is 5.73 Å². The highest BCUT2D eigenvalue weighted by atomic mass is 35.5. The van der Waals surface area contributed by atoms with Crippen LogP contribution in [0.25, 0.3) is 0 Å². The van der Waals surface area contributed by atoms with Crippen LogP contribution in [0.15, 0.2) is 44.3 Å². The number of aliphatic carboxylic acids is 1. The first-order valence-electron chi connectivity index (χ1n) is 12.5. The number of phenols is 2. The number of nitrogens with two attached hydrogens (primary N) is 1.